The lowest BCUT2D eigenvalue weighted by Crippen LogP contribution is -2.64. The zero-order valence-electron chi connectivity index (χ0n) is 19.3. The summed E-state index contributed by atoms with van der Waals surface area (Å²) in [7, 11) is 0. The van der Waals surface area contributed by atoms with Gasteiger partial charge in [0.25, 0.3) is 0 Å². The fourth-order valence-electron chi connectivity index (χ4n) is 3.20. The third kappa shape index (κ3) is 6.29. The molecule has 0 spiro atoms. The fraction of sp³-hybridized carbons (Fsp3) is 0. The van der Waals surface area contributed by atoms with Crippen LogP contribution in [-0.4, -0.2) is 12.1 Å². The quantitative estimate of drug-likeness (QED) is 0.146. The van der Waals surface area contributed by atoms with E-state index in [1.807, 2.05) is 48.5 Å². The number of carbonyl (C=O) groups excluding carboxylic acids is 2. The molecule has 0 bridgehead atoms. The van der Waals surface area contributed by atoms with Crippen molar-refractivity contribution in [1.29, 1.82) is 0 Å². The van der Waals surface area contributed by atoms with Crippen LogP contribution in [0.15, 0.2) is 121 Å². The minimum Gasteiger partial charge on any atom is -0.297 e. The number of hydrogen-bond acceptors (Lipinski definition) is 6. The molecule has 0 aliphatic carbocycles. The minimum absolute atomic E-state index is 0.495. The number of anilines is 4. The van der Waals surface area contributed by atoms with Crippen molar-refractivity contribution < 1.29 is 9.59 Å². The molecule has 0 atom stereocenters. The maximum Gasteiger partial charge on any atom is 0.359 e. The Labute approximate surface area is 208 Å². The smallest absolute Gasteiger partial charge is 0.297 e. The molecule has 0 saturated heterocycles. The number of para-hydroxylation sites is 4. The molecule has 6 N–H and O–H groups in total. The molecule has 0 aliphatic heterocycles. The van der Waals surface area contributed by atoms with E-state index in [4.69, 9.17) is 5.84 Å². The number of rotatable bonds is 8. The van der Waals surface area contributed by atoms with E-state index >= 15 is 0 Å². The van der Waals surface area contributed by atoms with E-state index in [1.54, 1.807) is 72.8 Å². The number of nitrogens with zero attached hydrogens (tertiary/aromatic N) is 3. The Hall–Kier alpha value is -5.06. The van der Waals surface area contributed by atoms with Gasteiger partial charge in [0.2, 0.25) is 0 Å². The molecule has 4 rings (SSSR count). The lowest BCUT2D eigenvalue weighted by molar-refractivity contribution is 0.237. The average Bonchev–Trinajstić information content (AvgIpc) is 2.95. The summed E-state index contributed by atoms with van der Waals surface area (Å²) in [5, 5.41) is 3.55. The van der Waals surface area contributed by atoms with Crippen LogP contribution in [-0.2, 0) is 0 Å². The Morgan fingerprint density at radius 2 is 1.08 bits per heavy atom. The Morgan fingerprint density at radius 3 is 1.64 bits per heavy atom. The summed E-state index contributed by atoms with van der Waals surface area (Å²) in [5.74, 6) is 6.18. The van der Waals surface area contributed by atoms with Crippen molar-refractivity contribution in [2.75, 3.05) is 20.6 Å². The van der Waals surface area contributed by atoms with Gasteiger partial charge in [0.05, 0.1) is 22.7 Å². The van der Waals surface area contributed by atoms with Gasteiger partial charge in [0, 0.05) is 0 Å². The van der Waals surface area contributed by atoms with Crippen LogP contribution in [0.25, 0.3) is 0 Å². The van der Waals surface area contributed by atoms with E-state index in [-0.39, 0.29) is 0 Å². The van der Waals surface area contributed by atoms with Crippen molar-refractivity contribution in [3.05, 3.63) is 121 Å². The van der Waals surface area contributed by atoms with Crippen LogP contribution in [0.4, 0.5) is 32.3 Å². The van der Waals surface area contributed by atoms with Gasteiger partial charge in [-0.15, -0.1) is 5.53 Å². The Kier molecular flexibility index (Phi) is 7.95. The van der Waals surface area contributed by atoms with E-state index in [1.165, 1.54) is 10.1 Å². The minimum atomic E-state index is -0.585. The van der Waals surface area contributed by atoms with Gasteiger partial charge in [-0.3, -0.25) is 10.9 Å². The van der Waals surface area contributed by atoms with Gasteiger partial charge >= 0.3 is 12.1 Å². The molecule has 0 unspecified atom stereocenters. The van der Waals surface area contributed by atoms with Crippen LogP contribution in [0, 0.1) is 0 Å². The average molecular weight is 483 g/mol. The third-order valence-corrected chi connectivity index (χ3v) is 4.97. The molecule has 0 heterocycles. The summed E-state index contributed by atoms with van der Waals surface area (Å²) >= 11 is 0. The summed E-state index contributed by atoms with van der Waals surface area (Å²) < 4.78 is 0. The second-order valence-electron chi connectivity index (χ2n) is 7.49. The van der Waals surface area contributed by atoms with Crippen LogP contribution in [0.2, 0.25) is 0 Å². The number of nitrogens with two attached hydrogens (primary N) is 1. The Morgan fingerprint density at radius 1 is 0.611 bits per heavy atom. The molecule has 10 nitrogen and oxygen atoms in total. The van der Waals surface area contributed by atoms with Crippen molar-refractivity contribution in [2.45, 2.75) is 0 Å². The monoisotopic (exact) mass is 482 g/mol. The Balaban J connectivity index is 1.57. The van der Waals surface area contributed by atoms with Gasteiger partial charge < -0.3 is 0 Å². The number of hydrogen-bond donors (Lipinski definition) is 5. The number of nitrogens with one attached hydrogen (secondary N) is 4. The molecule has 4 amide bonds. The first-order valence-corrected chi connectivity index (χ1v) is 11.1. The fourth-order valence-corrected chi connectivity index (χ4v) is 3.20. The van der Waals surface area contributed by atoms with E-state index in [0.717, 1.165) is 5.01 Å². The SMILES string of the molecule is NN(C(=O)N(NN(NC(=O)NNc1ccccc1)c1ccccc1)c1ccccc1)c1ccccc1. The standard InChI is InChI=1S/C26H26N8O2/c27-32(22-15-7-2-8-16-22)26(36)33(23-17-9-3-10-18-23)31-34(24-19-11-4-12-20-24)30-25(35)29-28-21-13-5-1-6-14-21/h1-20,28,31H,27H2,(H2,29,30,35). The van der Waals surface area contributed by atoms with Crippen molar-refractivity contribution in [3.8, 4) is 0 Å². The zero-order chi connectivity index (χ0) is 25.2. The van der Waals surface area contributed by atoms with Gasteiger partial charge in [0.15, 0.2) is 0 Å². The molecule has 36 heavy (non-hydrogen) atoms. The number of carbonyl (C=O) groups is 2. The first-order valence-electron chi connectivity index (χ1n) is 11.1. The zero-order valence-corrected chi connectivity index (χ0v) is 19.3. The van der Waals surface area contributed by atoms with Crippen LogP contribution in [0.3, 0.4) is 0 Å². The van der Waals surface area contributed by atoms with E-state index < -0.39 is 12.1 Å². The first kappa shape index (κ1) is 24.1. The van der Waals surface area contributed by atoms with Gasteiger partial charge in [-0.2, -0.15) is 5.12 Å². The van der Waals surface area contributed by atoms with Gasteiger partial charge in [-0.1, -0.05) is 72.8 Å². The third-order valence-electron chi connectivity index (χ3n) is 4.97. The molecule has 0 radical (unpaired) electrons. The van der Waals surface area contributed by atoms with Crippen LogP contribution >= 0.6 is 0 Å². The molecule has 0 saturated carbocycles. The number of amides is 4. The number of benzene rings is 4. The molecule has 4 aromatic rings. The molecular formula is C26H26N8O2. The molecule has 0 aliphatic rings. The highest BCUT2D eigenvalue weighted by Gasteiger charge is 2.25. The van der Waals surface area contributed by atoms with E-state index in [0.29, 0.717) is 22.7 Å². The first-order chi connectivity index (χ1) is 17.6. The number of urea groups is 2. The van der Waals surface area contributed by atoms with Gasteiger partial charge in [-0.05, 0) is 48.5 Å². The number of hydrazine groups is 5. The molecule has 0 aromatic heterocycles. The predicted molar refractivity (Wildman–Crippen MR) is 141 cm³/mol. The normalized spacial score (nSPS) is 10.1. The van der Waals surface area contributed by atoms with Crippen LogP contribution in [0.1, 0.15) is 0 Å². The molecule has 182 valence electrons. The molecule has 4 aromatic carbocycles. The van der Waals surface area contributed by atoms with Gasteiger partial charge in [0.1, 0.15) is 0 Å². The van der Waals surface area contributed by atoms with Crippen LogP contribution in [0.5, 0.6) is 0 Å². The predicted octanol–water partition coefficient (Wildman–Crippen LogP) is 4.16. The summed E-state index contributed by atoms with van der Waals surface area (Å²) in [5.41, 5.74) is 13.3. The Bertz CT molecular complexity index is 1240. The highest BCUT2D eigenvalue weighted by atomic mass is 16.2. The van der Waals surface area contributed by atoms with E-state index in [2.05, 4.69) is 21.8 Å². The summed E-state index contributed by atoms with van der Waals surface area (Å²) in [6, 6.07) is 34.7. The largest absolute Gasteiger partial charge is 0.359 e. The summed E-state index contributed by atoms with van der Waals surface area (Å²) in [6.45, 7) is 0. The second kappa shape index (κ2) is 11.9. The molecule has 10 heteroatoms. The lowest BCUT2D eigenvalue weighted by Gasteiger charge is -2.34. The molecule has 0 fully saturated rings. The van der Waals surface area contributed by atoms with Crippen molar-refractivity contribution >= 4 is 34.8 Å². The highest BCUT2D eigenvalue weighted by Crippen LogP contribution is 2.18. The van der Waals surface area contributed by atoms with Gasteiger partial charge in [-0.25, -0.2) is 30.9 Å². The van der Waals surface area contributed by atoms with Crippen molar-refractivity contribution in [2.24, 2.45) is 5.84 Å². The second-order valence-corrected chi connectivity index (χ2v) is 7.49. The highest BCUT2D eigenvalue weighted by molar-refractivity contribution is 6.02. The molecular weight excluding hydrogens is 456 g/mol. The van der Waals surface area contributed by atoms with Crippen molar-refractivity contribution in [1.82, 2.24) is 16.4 Å². The summed E-state index contributed by atoms with van der Waals surface area (Å²) in [4.78, 5) is 26.2. The van der Waals surface area contributed by atoms with Crippen LogP contribution < -0.4 is 42.8 Å². The maximum atomic E-state index is 13.5. The maximum absolute atomic E-state index is 13.5. The van der Waals surface area contributed by atoms with E-state index in [9.17, 15) is 9.59 Å². The lowest BCUT2D eigenvalue weighted by atomic mass is 10.3. The van der Waals surface area contributed by atoms with Crippen molar-refractivity contribution in [3.63, 3.8) is 0 Å². The summed E-state index contributed by atoms with van der Waals surface area (Å²) in [6.07, 6.45) is 0. The topological polar surface area (TPSA) is 118 Å².